The monoisotopic (exact) mass is 1020 g/mol. The smallest absolute Gasteiger partial charge is 0.302 e. The van der Waals surface area contributed by atoms with Crippen molar-refractivity contribution >= 4 is 5.97 Å². The molecule has 0 saturated carbocycles. The van der Waals surface area contributed by atoms with Gasteiger partial charge in [0.1, 0.15) is 140 Å². The summed E-state index contributed by atoms with van der Waals surface area (Å²) in [5, 5.41) is 188. The second-order valence-electron chi connectivity index (χ2n) is 17.2. The van der Waals surface area contributed by atoms with Crippen LogP contribution in [0.4, 0.5) is 0 Å². The van der Waals surface area contributed by atoms with Crippen molar-refractivity contribution in [2.75, 3.05) is 39.6 Å². The first-order chi connectivity index (χ1) is 32.7. The molecule has 18 N–H and O–H groups in total. The zero-order valence-electron chi connectivity index (χ0n) is 36.5. The minimum atomic E-state index is -2.12. The number of carbonyl (C=O) groups excluding carboxylic acids is 1. The lowest BCUT2D eigenvalue weighted by Gasteiger charge is -2.49. The van der Waals surface area contributed by atoms with E-state index in [4.69, 9.17) is 56.8 Å². The van der Waals surface area contributed by atoms with E-state index in [-0.39, 0.29) is 0 Å². The van der Waals surface area contributed by atoms with Crippen molar-refractivity contribution < 1.29 is 154 Å². The Hall–Kier alpha value is -1.69. The molecule has 6 aliphatic heterocycles. The summed E-state index contributed by atoms with van der Waals surface area (Å²) in [4.78, 5) is 12.3. The van der Waals surface area contributed by atoms with Crippen molar-refractivity contribution in [1.29, 1.82) is 0 Å². The number of hydrogen-bond acceptors (Lipinski definition) is 31. The lowest BCUT2D eigenvalue weighted by molar-refractivity contribution is -0.389. The molecule has 0 aromatic rings. The second kappa shape index (κ2) is 24.6. The van der Waals surface area contributed by atoms with Gasteiger partial charge >= 0.3 is 5.97 Å². The Kier molecular flexibility index (Phi) is 20.1. The zero-order chi connectivity index (χ0) is 50.8. The highest BCUT2D eigenvalue weighted by Crippen LogP contribution is 2.37. The minimum Gasteiger partial charge on any atom is -0.459 e. The summed E-state index contributed by atoms with van der Waals surface area (Å²) >= 11 is 0. The SMILES string of the molecule is CC(=O)O[C@@H]1C[C@H](O[C@H]2[C@H](O)[C@H](O)[C@H](O[C@H]3[C@H](O)[C@H](O)[C@H](O)O[C@@H]3CO)O[C@@H]2CO)O[C@H](CO)[C@H]1O[C@@H]1O[C@H](CO)[C@@H](O[C@@H]2O[C@H](CO)[C@@H](O[C@@H]3O[C@H](CO)[C@@H](O)[C@H](O)[C@@H]3O)[C@H](O)[C@@H]2O)[C@H](O)[C@@H]1O. The van der Waals surface area contributed by atoms with Gasteiger partial charge < -0.3 is 149 Å². The molecule has 0 aromatic heterocycles. The Morgan fingerprint density at radius 3 is 1.09 bits per heavy atom. The summed E-state index contributed by atoms with van der Waals surface area (Å²) in [6, 6.07) is 0. The van der Waals surface area contributed by atoms with Crippen LogP contribution in [0.25, 0.3) is 0 Å². The van der Waals surface area contributed by atoms with E-state index in [1.807, 2.05) is 0 Å². The molecule has 31 nitrogen and oxygen atoms in total. The highest BCUT2D eigenvalue weighted by Gasteiger charge is 2.56. The van der Waals surface area contributed by atoms with Crippen molar-refractivity contribution in [3.63, 3.8) is 0 Å². The van der Waals surface area contributed by atoms with Gasteiger partial charge in [-0.15, -0.1) is 0 Å². The van der Waals surface area contributed by atoms with E-state index in [2.05, 4.69) is 0 Å². The molecule has 6 rings (SSSR count). The van der Waals surface area contributed by atoms with Crippen molar-refractivity contribution in [3.05, 3.63) is 0 Å². The van der Waals surface area contributed by atoms with Crippen LogP contribution in [0, 0.1) is 0 Å². The summed E-state index contributed by atoms with van der Waals surface area (Å²) in [7, 11) is 0. The fraction of sp³-hybridized carbons (Fsp3) is 0.974. The fourth-order valence-electron chi connectivity index (χ4n) is 8.84. The lowest BCUT2D eigenvalue weighted by Crippen LogP contribution is -2.67. The Morgan fingerprint density at radius 2 is 0.696 bits per heavy atom. The van der Waals surface area contributed by atoms with E-state index in [0.717, 1.165) is 6.92 Å². The molecule has 6 saturated heterocycles. The molecule has 402 valence electrons. The number of hydrogen-bond donors (Lipinski definition) is 18. The summed E-state index contributed by atoms with van der Waals surface area (Å²) in [6.45, 7) is -4.45. The topological polar surface area (TPSA) is 492 Å². The molecule has 0 radical (unpaired) electrons. The molecule has 6 aliphatic rings. The Bertz CT molecular complexity index is 1580. The second-order valence-corrected chi connectivity index (χ2v) is 17.2. The predicted octanol–water partition coefficient (Wildman–Crippen LogP) is -12.5. The predicted molar refractivity (Wildman–Crippen MR) is 207 cm³/mol. The van der Waals surface area contributed by atoms with Crippen molar-refractivity contribution in [3.8, 4) is 0 Å². The summed E-state index contributed by atoms with van der Waals surface area (Å²) in [5.74, 6) is -0.912. The number of rotatable bonds is 17. The van der Waals surface area contributed by atoms with Crippen LogP contribution in [0.15, 0.2) is 0 Å². The van der Waals surface area contributed by atoms with E-state index in [9.17, 15) is 96.7 Å². The molecule has 0 spiro atoms. The van der Waals surface area contributed by atoms with Gasteiger partial charge in [0.25, 0.3) is 0 Å². The highest BCUT2D eigenvalue weighted by atomic mass is 16.8. The maximum atomic E-state index is 12.3. The van der Waals surface area contributed by atoms with E-state index in [1.165, 1.54) is 0 Å². The number of aliphatic hydroxyl groups excluding tert-OH is 18. The summed E-state index contributed by atoms with van der Waals surface area (Å²) < 4.78 is 67.1. The molecular formula is C38H64O31. The minimum absolute atomic E-state index is 0.491. The maximum absolute atomic E-state index is 12.3. The molecule has 6 heterocycles. The molecule has 0 aliphatic carbocycles. The van der Waals surface area contributed by atoms with Crippen LogP contribution in [0.3, 0.4) is 0 Å². The van der Waals surface area contributed by atoms with Crippen LogP contribution in [-0.2, 0) is 61.6 Å². The van der Waals surface area contributed by atoms with E-state index >= 15 is 0 Å². The van der Waals surface area contributed by atoms with Gasteiger partial charge in [0.05, 0.1) is 39.6 Å². The van der Waals surface area contributed by atoms with Gasteiger partial charge in [-0.1, -0.05) is 0 Å². The van der Waals surface area contributed by atoms with Crippen LogP contribution in [0.5, 0.6) is 0 Å². The van der Waals surface area contributed by atoms with Gasteiger partial charge in [0.15, 0.2) is 37.7 Å². The van der Waals surface area contributed by atoms with E-state index < -0.39 is 230 Å². The third-order valence-corrected chi connectivity index (χ3v) is 12.6. The summed E-state index contributed by atoms with van der Waals surface area (Å²) in [6.07, 6.45) is -52.4. The number of ether oxygens (including phenoxy) is 12. The first-order valence-corrected chi connectivity index (χ1v) is 21.9. The Labute approximate surface area is 390 Å². The largest absolute Gasteiger partial charge is 0.459 e. The fourth-order valence-corrected chi connectivity index (χ4v) is 8.84. The number of esters is 1. The molecule has 0 aromatic carbocycles. The molecule has 31 heteroatoms. The molecule has 29 atom stereocenters. The molecule has 69 heavy (non-hydrogen) atoms. The van der Waals surface area contributed by atoms with Crippen LogP contribution < -0.4 is 0 Å². The van der Waals surface area contributed by atoms with E-state index in [1.54, 1.807) is 0 Å². The van der Waals surface area contributed by atoms with Gasteiger partial charge in [0.2, 0.25) is 0 Å². The molecule has 0 unspecified atom stereocenters. The van der Waals surface area contributed by atoms with Crippen molar-refractivity contribution in [2.45, 2.75) is 191 Å². The normalized spacial score (nSPS) is 51.0. The van der Waals surface area contributed by atoms with Crippen LogP contribution in [0.1, 0.15) is 13.3 Å². The zero-order valence-corrected chi connectivity index (χ0v) is 36.5. The molecule has 0 bridgehead atoms. The standard InChI is InChI=1S/C38H64O31/c1-9(45)58-10-2-17(65-30-14(6-42)62-37(26(54)21(30)49)67-31-13(5-41)60-34(57)24(52)20(31)48)59-12(4-40)29(10)66-36-27(55)22(50)33(15(7-43)63-36)69-38-28(56)23(51)32(16(8-44)64-38)68-35-25(53)19(47)18(46)11(3-39)61-35/h10-44,46-57H,2-8H2,1H3/t10-,11-,12-,13-,14-,15-,16-,17+,18-,19+,20-,21-,22-,23-,24+,25+,26+,27+,28+,29+,30-,31-,32-,33-,34-,35+,36+,37+,38+/m1/s1. The van der Waals surface area contributed by atoms with E-state index in [0.29, 0.717) is 0 Å². The van der Waals surface area contributed by atoms with Crippen LogP contribution >= 0.6 is 0 Å². The van der Waals surface area contributed by atoms with Gasteiger partial charge in [-0.3, -0.25) is 4.79 Å². The van der Waals surface area contributed by atoms with Crippen molar-refractivity contribution in [2.24, 2.45) is 0 Å². The van der Waals surface area contributed by atoms with Crippen LogP contribution in [-0.4, -0.2) is 316 Å². The lowest BCUT2D eigenvalue weighted by atomic mass is 9.95. The Balaban J connectivity index is 1.10. The average molecular weight is 1020 g/mol. The maximum Gasteiger partial charge on any atom is 0.302 e. The molecule has 0 amide bonds. The van der Waals surface area contributed by atoms with Gasteiger partial charge in [-0.05, 0) is 0 Å². The van der Waals surface area contributed by atoms with Crippen molar-refractivity contribution in [1.82, 2.24) is 0 Å². The quantitative estimate of drug-likeness (QED) is 0.0602. The molecular weight excluding hydrogens is 952 g/mol. The third kappa shape index (κ3) is 12.1. The third-order valence-electron chi connectivity index (χ3n) is 12.6. The van der Waals surface area contributed by atoms with Gasteiger partial charge in [0, 0.05) is 13.3 Å². The van der Waals surface area contributed by atoms with Crippen LogP contribution in [0.2, 0.25) is 0 Å². The average Bonchev–Trinajstić information content (AvgIpc) is 3.33. The van der Waals surface area contributed by atoms with Gasteiger partial charge in [-0.25, -0.2) is 0 Å². The Morgan fingerprint density at radius 1 is 0.377 bits per heavy atom. The number of aliphatic hydroxyl groups is 18. The molecule has 6 fully saturated rings. The van der Waals surface area contributed by atoms with Gasteiger partial charge in [-0.2, -0.15) is 0 Å². The number of carbonyl (C=O) groups is 1. The summed E-state index contributed by atoms with van der Waals surface area (Å²) in [5.41, 5.74) is 0. The highest BCUT2D eigenvalue weighted by molar-refractivity contribution is 5.66. The first kappa shape index (κ1) is 56.6. The first-order valence-electron chi connectivity index (χ1n) is 21.9.